The predicted molar refractivity (Wildman–Crippen MR) is 124 cm³/mol. The van der Waals surface area contributed by atoms with Crippen LogP contribution in [0.4, 0.5) is 0 Å². The van der Waals surface area contributed by atoms with E-state index in [-0.39, 0.29) is 6.10 Å². The molecule has 2 bridgehead atoms. The van der Waals surface area contributed by atoms with E-state index in [4.69, 9.17) is 4.74 Å². The van der Waals surface area contributed by atoms with E-state index < -0.39 is 0 Å². The van der Waals surface area contributed by atoms with E-state index in [1.165, 1.54) is 19.3 Å². The smallest absolute Gasteiger partial charge is 0.217 e. The van der Waals surface area contributed by atoms with E-state index in [0.29, 0.717) is 5.92 Å². The van der Waals surface area contributed by atoms with Gasteiger partial charge in [-0.05, 0) is 62.6 Å². The summed E-state index contributed by atoms with van der Waals surface area (Å²) >= 11 is 0. The van der Waals surface area contributed by atoms with Gasteiger partial charge in [-0.2, -0.15) is 15.3 Å². The Kier molecular flexibility index (Phi) is 4.61. The van der Waals surface area contributed by atoms with Gasteiger partial charge in [-0.25, -0.2) is 5.10 Å². The van der Waals surface area contributed by atoms with Gasteiger partial charge in [0.1, 0.15) is 6.10 Å². The molecule has 1 saturated carbocycles. The van der Waals surface area contributed by atoms with Crippen LogP contribution in [0.5, 0.6) is 5.88 Å². The number of nitrogens with one attached hydrogen (secondary N) is 3. The molecular formula is C24H27N7O. The highest BCUT2D eigenvalue weighted by Crippen LogP contribution is 2.36. The minimum atomic E-state index is 0.102. The van der Waals surface area contributed by atoms with E-state index in [2.05, 4.69) is 73.7 Å². The van der Waals surface area contributed by atoms with Gasteiger partial charge in [-0.3, -0.25) is 15.1 Å². The van der Waals surface area contributed by atoms with Crippen molar-refractivity contribution < 1.29 is 4.74 Å². The van der Waals surface area contributed by atoms with Crippen LogP contribution in [0.2, 0.25) is 0 Å². The molecule has 3 N–H and O–H groups in total. The van der Waals surface area contributed by atoms with Crippen LogP contribution in [0.1, 0.15) is 41.9 Å². The van der Waals surface area contributed by atoms with Gasteiger partial charge in [0.25, 0.3) is 0 Å². The minimum absolute atomic E-state index is 0.102. The molecule has 8 heteroatoms. The van der Waals surface area contributed by atoms with Gasteiger partial charge in [0.15, 0.2) is 0 Å². The van der Waals surface area contributed by atoms with Crippen molar-refractivity contribution in [3.63, 3.8) is 0 Å². The second kappa shape index (κ2) is 7.63. The first-order valence-electron chi connectivity index (χ1n) is 11.2. The van der Waals surface area contributed by atoms with Crippen LogP contribution in [-0.4, -0.2) is 55.2 Å². The van der Waals surface area contributed by atoms with E-state index >= 15 is 0 Å². The molecule has 6 rings (SSSR count). The number of H-pyrrole nitrogens is 3. The van der Waals surface area contributed by atoms with Crippen molar-refractivity contribution in [3.05, 3.63) is 47.0 Å². The van der Waals surface area contributed by atoms with E-state index in [1.807, 2.05) is 12.3 Å². The standard InChI is InChI=1S/C24H27N7O/c1-14-17-7-9-21-18-10-16(6-8-20(18)27-28-21)19-11-25-30-24(19)32-23(15-4-3-5-15)13-31(2)12-22(17)29-26-14/h6-11,15,23H,3-5,12-13H2,1-2H3,(H,25,30)(H,26,29)(H,27,28)/b9-7+. The molecule has 32 heavy (non-hydrogen) atoms. The second-order valence-corrected chi connectivity index (χ2v) is 9.07. The molecule has 3 aromatic heterocycles. The molecule has 4 heterocycles. The van der Waals surface area contributed by atoms with Crippen molar-refractivity contribution in [2.24, 2.45) is 5.92 Å². The zero-order valence-electron chi connectivity index (χ0n) is 18.4. The third-order valence-electron chi connectivity index (χ3n) is 6.85. The Morgan fingerprint density at radius 1 is 1.09 bits per heavy atom. The van der Waals surface area contributed by atoms with Crippen LogP contribution in [0, 0.1) is 12.8 Å². The first kappa shape index (κ1) is 19.3. The van der Waals surface area contributed by atoms with Crippen LogP contribution < -0.4 is 4.74 Å². The summed E-state index contributed by atoms with van der Waals surface area (Å²) in [6, 6.07) is 6.28. The number of aromatic nitrogens is 6. The van der Waals surface area contributed by atoms with Crippen LogP contribution in [0.25, 0.3) is 34.2 Å². The molecule has 8 nitrogen and oxygen atoms in total. The lowest BCUT2D eigenvalue weighted by Gasteiger charge is -2.35. The van der Waals surface area contributed by atoms with E-state index in [9.17, 15) is 0 Å². The molecule has 4 aromatic rings. The summed E-state index contributed by atoms with van der Waals surface area (Å²) in [5.41, 5.74) is 7.17. The topological polar surface area (TPSA) is 98.5 Å². The van der Waals surface area contributed by atoms with E-state index in [1.54, 1.807) is 0 Å². The Bertz CT molecular complexity index is 1290. The summed E-state index contributed by atoms with van der Waals surface area (Å²) in [7, 11) is 2.14. The molecule has 1 aliphatic heterocycles. The lowest BCUT2D eigenvalue weighted by molar-refractivity contribution is 0.0508. The number of ether oxygens (including phenoxy) is 1. The first-order valence-corrected chi connectivity index (χ1v) is 11.2. The number of aryl methyl sites for hydroxylation is 1. The lowest BCUT2D eigenvalue weighted by atomic mass is 9.81. The summed E-state index contributed by atoms with van der Waals surface area (Å²) in [4.78, 5) is 2.31. The summed E-state index contributed by atoms with van der Waals surface area (Å²) in [6.45, 7) is 3.64. The molecule has 0 radical (unpaired) electrons. The normalized spacial score (nSPS) is 20.8. The zero-order chi connectivity index (χ0) is 21.7. The maximum absolute atomic E-state index is 6.60. The number of likely N-dealkylation sites (N-methyl/N-ethyl adjacent to an activating group) is 1. The van der Waals surface area contributed by atoms with Crippen molar-refractivity contribution in [1.29, 1.82) is 0 Å². The van der Waals surface area contributed by atoms with Gasteiger partial charge < -0.3 is 4.74 Å². The highest BCUT2D eigenvalue weighted by molar-refractivity contribution is 5.93. The largest absolute Gasteiger partial charge is 0.473 e. The van der Waals surface area contributed by atoms with Gasteiger partial charge in [0.2, 0.25) is 5.88 Å². The first-order chi connectivity index (χ1) is 15.7. The number of hydrogen-bond acceptors (Lipinski definition) is 5. The van der Waals surface area contributed by atoms with Crippen molar-refractivity contribution in [1.82, 2.24) is 35.5 Å². The average Bonchev–Trinajstić information content (AvgIpc) is 3.44. The molecule has 1 atom stereocenters. The molecule has 164 valence electrons. The maximum Gasteiger partial charge on any atom is 0.217 e. The Hall–Kier alpha value is -3.39. The fourth-order valence-corrected chi connectivity index (χ4v) is 4.76. The molecule has 1 unspecified atom stereocenters. The molecule has 1 aliphatic carbocycles. The molecule has 0 saturated heterocycles. The maximum atomic E-state index is 6.60. The number of benzene rings is 1. The van der Waals surface area contributed by atoms with Gasteiger partial charge in [-0.15, -0.1) is 0 Å². The number of hydrogen-bond donors (Lipinski definition) is 3. The third kappa shape index (κ3) is 3.31. The summed E-state index contributed by atoms with van der Waals surface area (Å²) in [5.74, 6) is 1.30. The summed E-state index contributed by atoms with van der Waals surface area (Å²) < 4.78 is 6.60. The van der Waals surface area contributed by atoms with Crippen LogP contribution in [0.3, 0.4) is 0 Å². The monoisotopic (exact) mass is 429 g/mol. The fourth-order valence-electron chi connectivity index (χ4n) is 4.76. The summed E-state index contributed by atoms with van der Waals surface area (Å²) in [5, 5.41) is 23.9. The van der Waals surface area contributed by atoms with Crippen molar-refractivity contribution >= 4 is 23.1 Å². The SMILES string of the molecule is Cc1[nH]nc2c1/C=C/c1[nH]nc3ccc(cc13)-c1cn[nH]c1OC(C1CCC1)CN(C)C2. The number of fused-ring (bicyclic) bond motifs is 4. The lowest BCUT2D eigenvalue weighted by Crippen LogP contribution is -2.41. The van der Waals surface area contributed by atoms with Crippen molar-refractivity contribution in [3.8, 4) is 17.0 Å². The molecule has 0 amide bonds. The van der Waals surface area contributed by atoms with Gasteiger partial charge >= 0.3 is 0 Å². The van der Waals surface area contributed by atoms with E-state index in [0.717, 1.165) is 63.6 Å². The van der Waals surface area contributed by atoms with Gasteiger partial charge in [-0.1, -0.05) is 12.5 Å². The average molecular weight is 430 g/mol. The Morgan fingerprint density at radius 3 is 2.84 bits per heavy atom. The zero-order valence-corrected chi connectivity index (χ0v) is 18.4. The van der Waals surface area contributed by atoms with Crippen LogP contribution in [0.15, 0.2) is 24.4 Å². The molecule has 0 spiro atoms. The molecule has 1 aromatic carbocycles. The Morgan fingerprint density at radius 2 is 2.00 bits per heavy atom. The van der Waals surface area contributed by atoms with Crippen molar-refractivity contribution in [2.75, 3.05) is 13.6 Å². The number of nitrogens with zero attached hydrogens (tertiary/aromatic N) is 4. The van der Waals surface area contributed by atoms with Gasteiger partial charge in [0.05, 0.1) is 28.7 Å². The molecular weight excluding hydrogens is 402 g/mol. The fraction of sp³-hybridized carbons (Fsp3) is 0.375. The van der Waals surface area contributed by atoms with Crippen molar-refractivity contribution in [2.45, 2.75) is 38.8 Å². The van der Waals surface area contributed by atoms with Gasteiger partial charge in [0, 0.05) is 29.7 Å². The van der Waals surface area contributed by atoms with Crippen LogP contribution >= 0.6 is 0 Å². The highest BCUT2D eigenvalue weighted by atomic mass is 16.5. The second-order valence-electron chi connectivity index (χ2n) is 9.07. The molecule has 2 aliphatic rings. The number of aromatic amines is 3. The molecule has 1 fully saturated rings. The number of rotatable bonds is 1. The quantitative estimate of drug-likeness (QED) is 0.422. The van der Waals surface area contributed by atoms with Crippen LogP contribution in [-0.2, 0) is 6.54 Å². The third-order valence-corrected chi connectivity index (χ3v) is 6.85. The minimum Gasteiger partial charge on any atom is -0.473 e. The Labute approximate surface area is 186 Å². The predicted octanol–water partition coefficient (Wildman–Crippen LogP) is 4.15. The summed E-state index contributed by atoms with van der Waals surface area (Å²) in [6.07, 6.45) is 9.87. The highest BCUT2D eigenvalue weighted by Gasteiger charge is 2.31. The Balaban J connectivity index is 1.49.